The molecule has 3 aromatic heterocycles. The van der Waals surface area contributed by atoms with E-state index in [1.54, 1.807) is 23.4 Å². The number of halogens is 1. The van der Waals surface area contributed by atoms with E-state index in [4.69, 9.17) is 35.6 Å². The molecule has 14 heteroatoms. The molecule has 1 N–H and O–H groups in total. The molecule has 4 atom stereocenters. The number of nitrogens with zero attached hydrogens (tertiary/aromatic N) is 8. The first kappa shape index (κ1) is 32.4. The Morgan fingerprint density at radius 2 is 1.71 bits per heavy atom. The Balaban J connectivity index is 0.944. The Labute approximate surface area is 291 Å². The SMILES string of the molecule is C[C@@H](Cn1cncn1)Oc1cc(-c2cnc(Nc3cn([C@H]4CC[C@H](N5[C@@H]6CC[C@@H]5COC6)CC4)nc3OCC3CCOC3)nc2)ccc1Cl. The molecule has 1 saturated carbocycles. The summed E-state index contributed by atoms with van der Waals surface area (Å²) in [5.41, 5.74) is 2.51. The van der Waals surface area contributed by atoms with Crippen LogP contribution in [0, 0.1) is 5.92 Å². The van der Waals surface area contributed by atoms with Gasteiger partial charge in [0.15, 0.2) is 0 Å². The lowest BCUT2D eigenvalue weighted by Gasteiger charge is -2.43. The number of rotatable bonds is 12. The molecule has 4 aromatic rings. The van der Waals surface area contributed by atoms with Crippen molar-refractivity contribution in [2.45, 2.75) is 88.7 Å². The highest BCUT2D eigenvalue weighted by Gasteiger charge is 2.42. The Morgan fingerprint density at radius 1 is 0.939 bits per heavy atom. The van der Waals surface area contributed by atoms with E-state index < -0.39 is 0 Å². The van der Waals surface area contributed by atoms with Crippen LogP contribution in [0.3, 0.4) is 0 Å². The number of ether oxygens (including phenoxy) is 4. The van der Waals surface area contributed by atoms with Gasteiger partial charge in [-0.3, -0.25) is 9.58 Å². The number of morpholine rings is 1. The molecule has 1 aliphatic carbocycles. The van der Waals surface area contributed by atoms with Crippen LogP contribution in [-0.2, 0) is 16.0 Å². The third kappa shape index (κ3) is 7.40. The largest absolute Gasteiger partial charge is 0.487 e. The smallest absolute Gasteiger partial charge is 0.256 e. The standard InChI is InChI=1S/C35H44ClN9O4/c1-23(15-43-22-37-21-40-43)49-33-12-25(2-9-31(33)36)26-13-38-35(39-14-26)41-32-16-44(42-34(32)48-18-24-10-11-46-17-24)27-3-5-28(6-4-27)45-29-7-8-30(45)20-47-19-29/h2,9,12-14,16,21-24,27-30H,3-8,10-11,15,17-20H2,1H3,(H,38,39,41)/t23-,24?,27-,28-,29+,30+/m0/s1. The fraction of sp³-hybridized carbons (Fsp3) is 0.571. The predicted molar refractivity (Wildman–Crippen MR) is 183 cm³/mol. The molecule has 4 aliphatic rings. The molecular formula is C35H44ClN9O4. The Kier molecular flexibility index (Phi) is 9.66. The van der Waals surface area contributed by atoms with Crippen molar-refractivity contribution in [3.8, 4) is 22.8 Å². The number of hydrogen-bond donors (Lipinski definition) is 1. The van der Waals surface area contributed by atoms with Gasteiger partial charge in [0, 0.05) is 48.6 Å². The van der Waals surface area contributed by atoms with Gasteiger partial charge in [-0.1, -0.05) is 17.7 Å². The van der Waals surface area contributed by atoms with Crippen LogP contribution in [0.2, 0.25) is 5.02 Å². The molecule has 1 aromatic carbocycles. The normalized spacial score (nSPS) is 26.1. The average Bonchev–Trinajstić information content (AvgIpc) is 3.94. The van der Waals surface area contributed by atoms with Crippen LogP contribution < -0.4 is 14.8 Å². The molecule has 0 spiro atoms. The van der Waals surface area contributed by atoms with Crippen molar-refractivity contribution in [1.29, 1.82) is 0 Å². The summed E-state index contributed by atoms with van der Waals surface area (Å²) < 4.78 is 27.7. The van der Waals surface area contributed by atoms with Gasteiger partial charge in [0.1, 0.15) is 30.2 Å². The van der Waals surface area contributed by atoms with Crippen LogP contribution >= 0.6 is 11.6 Å². The minimum atomic E-state index is -0.161. The van der Waals surface area contributed by atoms with Crippen molar-refractivity contribution in [3.63, 3.8) is 0 Å². The Bertz CT molecular complexity index is 1660. The summed E-state index contributed by atoms with van der Waals surface area (Å²) in [7, 11) is 0. The first-order valence-corrected chi connectivity index (χ1v) is 18.0. The predicted octanol–water partition coefficient (Wildman–Crippen LogP) is 5.56. The van der Waals surface area contributed by atoms with E-state index >= 15 is 0 Å². The highest BCUT2D eigenvalue weighted by molar-refractivity contribution is 6.32. The van der Waals surface area contributed by atoms with Crippen LogP contribution in [0.5, 0.6) is 11.6 Å². The van der Waals surface area contributed by atoms with Gasteiger partial charge in [-0.05, 0) is 69.6 Å². The quantitative estimate of drug-likeness (QED) is 0.201. The average molecular weight is 690 g/mol. The molecule has 3 saturated heterocycles. The summed E-state index contributed by atoms with van der Waals surface area (Å²) in [6, 6.07) is 7.83. The third-order valence-corrected chi connectivity index (χ3v) is 10.7. The molecule has 4 fully saturated rings. The fourth-order valence-corrected chi connectivity index (χ4v) is 7.99. The summed E-state index contributed by atoms with van der Waals surface area (Å²) in [5.74, 6) is 2.00. The minimum absolute atomic E-state index is 0.161. The summed E-state index contributed by atoms with van der Waals surface area (Å²) in [4.78, 5) is 16.1. The van der Waals surface area contributed by atoms with E-state index in [0.717, 1.165) is 62.5 Å². The highest BCUT2D eigenvalue weighted by atomic mass is 35.5. The maximum absolute atomic E-state index is 6.49. The van der Waals surface area contributed by atoms with Gasteiger partial charge in [-0.15, -0.1) is 5.10 Å². The summed E-state index contributed by atoms with van der Waals surface area (Å²) >= 11 is 6.49. The van der Waals surface area contributed by atoms with E-state index in [1.165, 1.54) is 32.0 Å². The molecule has 2 bridgehead atoms. The van der Waals surface area contributed by atoms with Crippen molar-refractivity contribution in [2.75, 3.05) is 38.4 Å². The molecule has 8 rings (SSSR count). The fourth-order valence-electron chi connectivity index (χ4n) is 7.82. The number of fused-ring (bicyclic) bond motifs is 2. The van der Waals surface area contributed by atoms with Gasteiger partial charge in [-0.25, -0.2) is 19.6 Å². The van der Waals surface area contributed by atoms with Crippen molar-refractivity contribution < 1.29 is 18.9 Å². The molecule has 0 radical (unpaired) electrons. The zero-order valence-electron chi connectivity index (χ0n) is 27.9. The van der Waals surface area contributed by atoms with E-state index in [2.05, 4.69) is 41.1 Å². The lowest BCUT2D eigenvalue weighted by Crippen LogP contribution is -2.52. The Hall–Kier alpha value is -3.78. The first-order chi connectivity index (χ1) is 24.1. The lowest BCUT2D eigenvalue weighted by molar-refractivity contribution is -0.0458. The molecule has 1 unspecified atom stereocenters. The van der Waals surface area contributed by atoms with Gasteiger partial charge in [-0.2, -0.15) is 5.10 Å². The summed E-state index contributed by atoms with van der Waals surface area (Å²) in [6.07, 6.45) is 16.7. The topological polar surface area (TPSA) is 126 Å². The zero-order chi connectivity index (χ0) is 33.2. The number of benzene rings is 1. The number of hydrogen-bond acceptors (Lipinski definition) is 11. The molecule has 13 nitrogen and oxygen atoms in total. The summed E-state index contributed by atoms with van der Waals surface area (Å²) in [5, 5.41) is 13.0. The number of aromatic nitrogens is 7. The van der Waals surface area contributed by atoms with Crippen molar-refractivity contribution >= 4 is 23.2 Å². The molecule has 49 heavy (non-hydrogen) atoms. The van der Waals surface area contributed by atoms with E-state index in [0.29, 0.717) is 65.8 Å². The van der Waals surface area contributed by atoms with Crippen molar-refractivity contribution in [3.05, 3.63) is 54.5 Å². The van der Waals surface area contributed by atoms with Gasteiger partial charge in [0.25, 0.3) is 5.88 Å². The van der Waals surface area contributed by atoms with Crippen LogP contribution in [-0.4, -0.2) is 96.7 Å². The van der Waals surface area contributed by atoms with Crippen LogP contribution in [0.1, 0.15) is 57.9 Å². The van der Waals surface area contributed by atoms with Gasteiger partial charge >= 0.3 is 0 Å². The minimum Gasteiger partial charge on any atom is -0.487 e. The molecule has 3 aliphatic heterocycles. The third-order valence-electron chi connectivity index (χ3n) is 10.3. The molecule has 260 valence electrons. The maximum Gasteiger partial charge on any atom is 0.256 e. The molecule has 0 amide bonds. The van der Waals surface area contributed by atoms with Crippen molar-refractivity contribution in [1.82, 2.24) is 39.4 Å². The highest BCUT2D eigenvalue weighted by Crippen LogP contribution is 2.40. The van der Waals surface area contributed by atoms with E-state index in [-0.39, 0.29) is 6.10 Å². The second-order valence-electron chi connectivity index (χ2n) is 13.8. The van der Waals surface area contributed by atoms with E-state index in [1.807, 2.05) is 25.1 Å². The van der Waals surface area contributed by atoms with Gasteiger partial charge < -0.3 is 24.3 Å². The molecular weight excluding hydrogens is 646 g/mol. The van der Waals surface area contributed by atoms with E-state index in [9.17, 15) is 0 Å². The summed E-state index contributed by atoms with van der Waals surface area (Å²) in [6.45, 7) is 6.37. The lowest BCUT2D eigenvalue weighted by atomic mass is 9.89. The second-order valence-corrected chi connectivity index (χ2v) is 14.2. The Morgan fingerprint density at radius 3 is 2.45 bits per heavy atom. The van der Waals surface area contributed by atoms with Crippen LogP contribution in [0.15, 0.2) is 49.4 Å². The first-order valence-electron chi connectivity index (χ1n) is 17.6. The number of nitrogens with one attached hydrogen (secondary N) is 1. The number of anilines is 2. The van der Waals surface area contributed by atoms with Crippen molar-refractivity contribution in [2.24, 2.45) is 5.92 Å². The van der Waals surface area contributed by atoms with Crippen LogP contribution in [0.25, 0.3) is 11.1 Å². The zero-order valence-corrected chi connectivity index (χ0v) is 28.6. The molecule has 6 heterocycles. The van der Waals surface area contributed by atoms with Crippen LogP contribution in [0.4, 0.5) is 11.6 Å². The monoisotopic (exact) mass is 689 g/mol. The van der Waals surface area contributed by atoms with Gasteiger partial charge in [0.05, 0.1) is 50.2 Å². The van der Waals surface area contributed by atoms with Gasteiger partial charge in [0.2, 0.25) is 5.95 Å². The second kappa shape index (κ2) is 14.6. The maximum atomic E-state index is 6.49.